The second kappa shape index (κ2) is 7.72. The van der Waals surface area contributed by atoms with Crippen molar-refractivity contribution in [3.63, 3.8) is 0 Å². The number of phenols is 1. The third-order valence-corrected chi connectivity index (χ3v) is 4.40. The van der Waals surface area contributed by atoms with Crippen molar-refractivity contribution in [2.45, 2.75) is 26.7 Å². The minimum absolute atomic E-state index is 0.0155. The van der Waals surface area contributed by atoms with Crippen LogP contribution in [0.15, 0.2) is 45.6 Å². The SMILES string of the molecule is CC(C)CCc1cc(C(=O)Nc2c(O)c3ccc(O)cc3oc2=O)ccc1F. The Labute approximate surface area is 160 Å². The Hall–Kier alpha value is -3.35. The molecule has 28 heavy (non-hydrogen) atoms. The zero-order valence-corrected chi connectivity index (χ0v) is 15.5. The lowest BCUT2D eigenvalue weighted by molar-refractivity contribution is 0.102. The predicted molar refractivity (Wildman–Crippen MR) is 103 cm³/mol. The number of nitrogens with one attached hydrogen (secondary N) is 1. The van der Waals surface area contributed by atoms with Crippen LogP contribution in [-0.4, -0.2) is 16.1 Å². The topological polar surface area (TPSA) is 99.8 Å². The van der Waals surface area contributed by atoms with Gasteiger partial charge in [0.2, 0.25) is 0 Å². The summed E-state index contributed by atoms with van der Waals surface area (Å²) in [5.74, 6) is -1.29. The van der Waals surface area contributed by atoms with Crippen LogP contribution in [0.4, 0.5) is 10.1 Å². The number of aromatic hydroxyl groups is 2. The highest BCUT2D eigenvalue weighted by Gasteiger charge is 2.18. The number of hydrogen-bond acceptors (Lipinski definition) is 5. The number of amides is 1. The maximum Gasteiger partial charge on any atom is 0.364 e. The first-order valence-corrected chi connectivity index (χ1v) is 8.85. The van der Waals surface area contributed by atoms with E-state index in [0.29, 0.717) is 17.9 Å². The Bertz CT molecular complexity index is 1100. The zero-order valence-electron chi connectivity index (χ0n) is 15.5. The number of anilines is 1. The van der Waals surface area contributed by atoms with Crippen LogP contribution in [0.3, 0.4) is 0 Å². The predicted octanol–water partition coefficient (Wildman–Crippen LogP) is 4.18. The van der Waals surface area contributed by atoms with Gasteiger partial charge in [-0.25, -0.2) is 9.18 Å². The highest BCUT2D eigenvalue weighted by Crippen LogP contribution is 2.31. The second-order valence-corrected chi connectivity index (χ2v) is 6.99. The highest BCUT2D eigenvalue weighted by atomic mass is 19.1. The van der Waals surface area contributed by atoms with Crippen LogP contribution >= 0.6 is 0 Å². The molecule has 146 valence electrons. The fraction of sp³-hybridized carbons (Fsp3) is 0.238. The summed E-state index contributed by atoms with van der Waals surface area (Å²) < 4.78 is 19.0. The molecule has 0 saturated heterocycles. The number of carbonyl (C=O) groups excluding carboxylic acids is 1. The van der Waals surface area contributed by atoms with E-state index in [1.54, 1.807) is 0 Å². The number of carbonyl (C=O) groups is 1. The average Bonchev–Trinajstić information content (AvgIpc) is 2.63. The molecule has 0 unspecified atom stereocenters. The van der Waals surface area contributed by atoms with Crippen LogP contribution < -0.4 is 10.9 Å². The molecule has 0 aliphatic heterocycles. The molecule has 0 aliphatic carbocycles. The fourth-order valence-corrected chi connectivity index (χ4v) is 2.82. The molecule has 3 rings (SSSR count). The normalized spacial score (nSPS) is 11.1. The molecule has 1 aromatic heterocycles. The quantitative estimate of drug-likeness (QED) is 0.572. The number of hydrogen-bond donors (Lipinski definition) is 3. The van der Waals surface area contributed by atoms with Gasteiger partial charge in [-0.15, -0.1) is 0 Å². The minimum Gasteiger partial charge on any atom is -0.508 e. The van der Waals surface area contributed by atoms with Crippen molar-refractivity contribution in [2.24, 2.45) is 5.92 Å². The van der Waals surface area contributed by atoms with Gasteiger partial charge in [-0.1, -0.05) is 13.8 Å². The van der Waals surface area contributed by atoms with Crippen LogP contribution in [0.1, 0.15) is 36.2 Å². The molecular weight excluding hydrogens is 365 g/mol. The molecule has 6 nitrogen and oxygen atoms in total. The number of fused-ring (bicyclic) bond motifs is 1. The molecule has 0 radical (unpaired) electrons. The molecule has 0 bridgehead atoms. The standard InChI is InChI=1S/C21H20FNO5/c1-11(2)3-4-12-9-13(5-8-16(12)22)20(26)23-18-19(25)15-7-6-14(24)10-17(15)28-21(18)27/h5-11,24-25H,3-4H2,1-2H3,(H,23,26). The van der Waals surface area contributed by atoms with Gasteiger partial charge in [-0.3, -0.25) is 4.79 Å². The summed E-state index contributed by atoms with van der Waals surface area (Å²) in [4.78, 5) is 24.7. The van der Waals surface area contributed by atoms with Crippen molar-refractivity contribution in [3.8, 4) is 11.5 Å². The van der Waals surface area contributed by atoms with E-state index < -0.39 is 28.8 Å². The van der Waals surface area contributed by atoms with E-state index in [9.17, 15) is 24.2 Å². The maximum atomic E-state index is 14.0. The highest BCUT2D eigenvalue weighted by molar-refractivity contribution is 6.06. The molecule has 1 heterocycles. The van der Waals surface area contributed by atoms with Crippen LogP contribution in [-0.2, 0) is 6.42 Å². The van der Waals surface area contributed by atoms with Crippen molar-refractivity contribution in [1.29, 1.82) is 0 Å². The molecule has 3 N–H and O–H groups in total. The van der Waals surface area contributed by atoms with Crippen LogP contribution in [0.2, 0.25) is 0 Å². The van der Waals surface area contributed by atoms with E-state index in [-0.39, 0.29) is 22.3 Å². The summed E-state index contributed by atoms with van der Waals surface area (Å²) >= 11 is 0. The van der Waals surface area contributed by atoms with Gasteiger partial charge in [0.1, 0.15) is 17.1 Å². The lowest BCUT2D eigenvalue weighted by atomic mass is 10.0. The van der Waals surface area contributed by atoms with Gasteiger partial charge in [0.15, 0.2) is 11.4 Å². The van der Waals surface area contributed by atoms with Gasteiger partial charge >= 0.3 is 5.63 Å². The van der Waals surface area contributed by atoms with Crippen molar-refractivity contribution in [1.82, 2.24) is 0 Å². The molecule has 0 saturated carbocycles. The largest absolute Gasteiger partial charge is 0.508 e. The van der Waals surface area contributed by atoms with Crippen LogP contribution in [0, 0.1) is 11.7 Å². The third kappa shape index (κ3) is 3.98. The zero-order chi connectivity index (χ0) is 20.4. The van der Waals surface area contributed by atoms with E-state index >= 15 is 0 Å². The molecule has 1 amide bonds. The number of aryl methyl sites for hydroxylation is 1. The van der Waals surface area contributed by atoms with E-state index in [2.05, 4.69) is 5.32 Å². The molecule has 3 aromatic rings. The Morgan fingerprint density at radius 2 is 1.93 bits per heavy atom. The second-order valence-electron chi connectivity index (χ2n) is 6.99. The minimum atomic E-state index is -0.967. The van der Waals surface area contributed by atoms with Crippen molar-refractivity contribution < 1.29 is 23.8 Å². The van der Waals surface area contributed by atoms with Gasteiger partial charge in [0.05, 0.1) is 5.39 Å². The summed E-state index contributed by atoms with van der Waals surface area (Å²) in [6.45, 7) is 4.05. The maximum absolute atomic E-state index is 14.0. The fourth-order valence-electron chi connectivity index (χ4n) is 2.82. The average molecular weight is 385 g/mol. The Morgan fingerprint density at radius 1 is 1.18 bits per heavy atom. The van der Waals surface area contributed by atoms with E-state index in [0.717, 1.165) is 6.42 Å². The lowest BCUT2D eigenvalue weighted by Crippen LogP contribution is -2.18. The third-order valence-electron chi connectivity index (χ3n) is 4.40. The summed E-state index contributed by atoms with van der Waals surface area (Å²) in [7, 11) is 0. The smallest absolute Gasteiger partial charge is 0.364 e. The molecule has 7 heteroatoms. The van der Waals surface area contributed by atoms with Crippen molar-refractivity contribution in [2.75, 3.05) is 5.32 Å². The Kier molecular flexibility index (Phi) is 5.35. The van der Waals surface area contributed by atoms with Gasteiger partial charge < -0.3 is 19.9 Å². The first-order chi connectivity index (χ1) is 13.3. The molecule has 0 spiro atoms. The number of halogens is 1. The van der Waals surface area contributed by atoms with Crippen LogP contribution in [0.5, 0.6) is 11.5 Å². The molecular formula is C21H20FNO5. The van der Waals surface area contributed by atoms with Gasteiger partial charge in [0, 0.05) is 11.6 Å². The number of benzene rings is 2. The summed E-state index contributed by atoms with van der Waals surface area (Å²) in [5, 5.41) is 22.3. The molecule has 0 aliphatic rings. The van der Waals surface area contributed by atoms with E-state index in [4.69, 9.17) is 4.42 Å². The van der Waals surface area contributed by atoms with Gasteiger partial charge in [0.25, 0.3) is 5.91 Å². The van der Waals surface area contributed by atoms with Gasteiger partial charge in [-0.05, 0) is 54.7 Å². The molecule has 2 aromatic carbocycles. The van der Waals surface area contributed by atoms with Crippen LogP contribution in [0.25, 0.3) is 11.0 Å². The van der Waals surface area contributed by atoms with Crippen molar-refractivity contribution in [3.05, 3.63) is 63.8 Å². The lowest BCUT2D eigenvalue weighted by Gasteiger charge is -2.10. The van der Waals surface area contributed by atoms with E-state index in [1.165, 1.54) is 36.4 Å². The van der Waals surface area contributed by atoms with E-state index in [1.807, 2.05) is 13.8 Å². The first-order valence-electron chi connectivity index (χ1n) is 8.85. The van der Waals surface area contributed by atoms with Gasteiger partial charge in [-0.2, -0.15) is 0 Å². The summed E-state index contributed by atoms with van der Waals surface area (Å²) in [6.07, 6.45) is 1.25. The van der Waals surface area contributed by atoms with Crippen molar-refractivity contribution >= 4 is 22.6 Å². The monoisotopic (exact) mass is 385 g/mol. The summed E-state index contributed by atoms with van der Waals surface area (Å²) in [5.41, 5.74) is -0.836. The number of phenolic OH excluding ortho intramolecular Hbond substituents is 1. The number of rotatable bonds is 5. The summed E-state index contributed by atoms with van der Waals surface area (Å²) in [6, 6.07) is 7.81. The molecule has 0 atom stereocenters. The first kappa shape index (κ1) is 19.4. The Balaban J connectivity index is 1.92. The molecule has 0 fully saturated rings. The Morgan fingerprint density at radius 3 is 2.64 bits per heavy atom.